The van der Waals surface area contributed by atoms with Gasteiger partial charge in [0.2, 0.25) is 0 Å². The van der Waals surface area contributed by atoms with Crippen LogP contribution in [0.2, 0.25) is 0 Å². The fourth-order valence-corrected chi connectivity index (χ4v) is 2.78. The predicted octanol–water partition coefficient (Wildman–Crippen LogP) is 1.41. The van der Waals surface area contributed by atoms with Gasteiger partial charge in [-0.05, 0) is 55.0 Å². The molecule has 2 atom stereocenters. The molecule has 0 radical (unpaired) electrons. The molecule has 0 aromatic heterocycles. The molecular weight excluding hydrogens is 439 g/mol. The largest absolute Gasteiger partial charge is 0.480 e. The SMILES string of the molecule is CC(C)C[C@H](N)C(=O)O.Cc1ccc(C(=O)N[C@@H](Cc2ccccc2)C(=O)O)cc1C.OBO. The molecule has 0 saturated carbocycles. The Kier molecular flexibility index (Phi) is 14.9. The maximum atomic E-state index is 12.2. The minimum absolute atomic E-state index is 0.257. The van der Waals surface area contributed by atoms with Crippen molar-refractivity contribution in [3.63, 3.8) is 0 Å². The normalized spacial score (nSPS) is 11.6. The van der Waals surface area contributed by atoms with E-state index in [4.69, 9.17) is 20.9 Å². The highest BCUT2D eigenvalue weighted by atomic mass is 16.4. The lowest BCUT2D eigenvalue weighted by molar-refractivity contribution is -0.140. The smallest absolute Gasteiger partial charge is 0.432 e. The summed E-state index contributed by atoms with van der Waals surface area (Å²) in [5, 5.41) is 34.5. The molecule has 2 rings (SSSR count). The Morgan fingerprint density at radius 1 is 0.941 bits per heavy atom. The van der Waals surface area contributed by atoms with Gasteiger partial charge in [0.15, 0.2) is 0 Å². The second-order valence-electron chi connectivity index (χ2n) is 8.07. The molecule has 0 spiro atoms. The van der Waals surface area contributed by atoms with Crippen molar-refractivity contribution in [1.82, 2.24) is 5.32 Å². The van der Waals surface area contributed by atoms with Gasteiger partial charge in [-0.25, -0.2) is 4.79 Å². The minimum atomic E-state index is -1.04. The third kappa shape index (κ3) is 12.7. The monoisotopic (exact) mass is 474 g/mol. The van der Waals surface area contributed by atoms with Gasteiger partial charge in [-0.1, -0.05) is 50.2 Å². The van der Waals surface area contributed by atoms with Gasteiger partial charge < -0.3 is 31.3 Å². The van der Waals surface area contributed by atoms with Crippen LogP contribution in [0.3, 0.4) is 0 Å². The summed E-state index contributed by atoms with van der Waals surface area (Å²) in [6.07, 6.45) is 0.808. The van der Waals surface area contributed by atoms with E-state index in [0.717, 1.165) is 16.7 Å². The Bertz CT molecular complexity index is 907. The molecule has 0 saturated heterocycles. The van der Waals surface area contributed by atoms with Crippen LogP contribution in [0.25, 0.3) is 0 Å². The van der Waals surface area contributed by atoms with Gasteiger partial charge in [0.05, 0.1) is 0 Å². The maximum absolute atomic E-state index is 12.2. The summed E-state index contributed by atoms with van der Waals surface area (Å²) in [4.78, 5) is 33.7. The number of nitrogens with one attached hydrogen (secondary N) is 1. The van der Waals surface area contributed by atoms with Crippen molar-refractivity contribution in [3.8, 4) is 0 Å². The molecule has 0 aliphatic rings. The van der Waals surface area contributed by atoms with Crippen molar-refractivity contribution in [1.29, 1.82) is 0 Å². The van der Waals surface area contributed by atoms with Gasteiger partial charge in [0.25, 0.3) is 5.91 Å². The summed E-state index contributed by atoms with van der Waals surface area (Å²) in [7, 11) is -0.750. The van der Waals surface area contributed by atoms with Crippen molar-refractivity contribution in [2.24, 2.45) is 11.7 Å². The quantitative estimate of drug-likeness (QED) is 0.312. The fourth-order valence-electron chi connectivity index (χ4n) is 2.78. The zero-order valence-corrected chi connectivity index (χ0v) is 20.1. The Balaban J connectivity index is 0.000000759. The molecule has 0 bridgehead atoms. The van der Waals surface area contributed by atoms with Gasteiger partial charge in [-0.15, -0.1) is 0 Å². The molecule has 186 valence electrons. The second kappa shape index (κ2) is 16.4. The van der Waals surface area contributed by atoms with Crippen LogP contribution in [0.5, 0.6) is 0 Å². The van der Waals surface area contributed by atoms with Crippen LogP contribution in [-0.2, 0) is 16.0 Å². The highest BCUT2D eigenvalue weighted by Gasteiger charge is 2.21. The number of carboxylic acid groups (broad SMARTS) is 2. The maximum Gasteiger partial charge on any atom is 0.432 e. The number of aliphatic carboxylic acids is 2. The van der Waals surface area contributed by atoms with Crippen molar-refractivity contribution in [3.05, 3.63) is 70.8 Å². The predicted molar refractivity (Wildman–Crippen MR) is 132 cm³/mol. The van der Waals surface area contributed by atoms with E-state index in [0.29, 0.717) is 17.9 Å². The first-order valence-electron chi connectivity index (χ1n) is 10.8. The molecule has 9 nitrogen and oxygen atoms in total. The first-order chi connectivity index (χ1) is 15.9. The van der Waals surface area contributed by atoms with Crippen LogP contribution < -0.4 is 11.1 Å². The summed E-state index contributed by atoms with van der Waals surface area (Å²) < 4.78 is 0. The first kappa shape index (κ1) is 30.8. The molecule has 34 heavy (non-hydrogen) atoms. The van der Waals surface area contributed by atoms with E-state index in [2.05, 4.69) is 5.32 Å². The zero-order valence-electron chi connectivity index (χ0n) is 20.1. The number of carboxylic acids is 2. The Labute approximate surface area is 200 Å². The molecular formula is C24H35BN2O7. The lowest BCUT2D eigenvalue weighted by Gasteiger charge is -2.15. The molecule has 7 N–H and O–H groups in total. The number of amides is 1. The topological polar surface area (TPSA) is 170 Å². The Morgan fingerprint density at radius 3 is 1.91 bits per heavy atom. The van der Waals surface area contributed by atoms with Crippen LogP contribution in [0, 0.1) is 19.8 Å². The van der Waals surface area contributed by atoms with Crippen molar-refractivity contribution in [2.75, 3.05) is 0 Å². The van der Waals surface area contributed by atoms with Crippen LogP contribution in [0.15, 0.2) is 48.5 Å². The summed E-state index contributed by atoms with van der Waals surface area (Å²) >= 11 is 0. The number of hydrogen-bond donors (Lipinski definition) is 6. The van der Waals surface area contributed by atoms with Crippen LogP contribution in [0.1, 0.15) is 47.3 Å². The van der Waals surface area contributed by atoms with Gasteiger partial charge in [-0.3, -0.25) is 9.59 Å². The van der Waals surface area contributed by atoms with Gasteiger partial charge in [-0.2, -0.15) is 0 Å². The summed E-state index contributed by atoms with van der Waals surface area (Å²) in [6.45, 7) is 7.78. The average Bonchev–Trinajstić information content (AvgIpc) is 2.76. The molecule has 2 aromatic carbocycles. The number of aryl methyl sites for hydroxylation is 2. The number of benzene rings is 2. The van der Waals surface area contributed by atoms with E-state index in [1.54, 1.807) is 12.1 Å². The molecule has 1 amide bonds. The molecule has 10 heteroatoms. The van der Waals surface area contributed by atoms with E-state index in [1.165, 1.54) is 0 Å². The van der Waals surface area contributed by atoms with Crippen molar-refractivity contribution >= 4 is 25.5 Å². The fraction of sp³-hybridized carbons (Fsp3) is 0.375. The molecule has 0 aliphatic heterocycles. The lowest BCUT2D eigenvalue weighted by Crippen LogP contribution is -2.42. The third-order valence-electron chi connectivity index (χ3n) is 4.70. The summed E-state index contributed by atoms with van der Waals surface area (Å²) in [6, 6.07) is 13.0. The number of carbonyl (C=O) groups excluding carboxylic acids is 1. The molecule has 0 fully saturated rings. The Hall–Kier alpha value is -3.21. The van der Waals surface area contributed by atoms with E-state index in [1.807, 2.05) is 64.1 Å². The molecule has 2 aromatic rings. The van der Waals surface area contributed by atoms with Crippen LogP contribution in [0.4, 0.5) is 0 Å². The standard InChI is InChI=1S/C18H19NO3.C6H13NO2.BH3O2/c1-12-8-9-15(10-13(12)2)17(20)19-16(18(21)22)11-14-6-4-3-5-7-14;1-4(2)3-5(7)6(8)9;2-1-3/h3-10,16H,11H2,1-2H3,(H,19,20)(H,21,22);4-5H,3,7H2,1-2H3,(H,8,9);1-3H/t16-;5-;/m00./s1. The average molecular weight is 474 g/mol. The minimum Gasteiger partial charge on any atom is -0.480 e. The highest BCUT2D eigenvalue weighted by molar-refractivity contribution is 6.13. The third-order valence-corrected chi connectivity index (χ3v) is 4.70. The lowest BCUT2D eigenvalue weighted by atomic mass is 10.0. The van der Waals surface area contributed by atoms with E-state index >= 15 is 0 Å². The van der Waals surface area contributed by atoms with E-state index in [9.17, 15) is 19.5 Å². The first-order valence-corrected chi connectivity index (χ1v) is 10.8. The van der Waals surface area contributed by atoms with Crippen LogP contribution >= 0.6 is 0 Å². The van der Waals surface area contributed by atoms with Crippen LogP contribution in [-0.4, -0.2) is 57.9 Å². The highest BCUT2D eigenvalue weighted by Crippen LogP contribution is 2.11. The number of carbonyl (C=O) groups is 3. The second-order valence-corrected chi connectivity index (χ2v) is 8.07. The van der Waals surface area contributed by atoms with Gasteiger partial charge in [0.1, 0.15) is 12.1 Å². The van der Waals surface area contributed by atoms with E-state index in [-0.39, 0.29) is 12.3 Å². The van der Waals surface area contributed by atoms with Crippen molar-refractivity contribution in [2.45, 2.75) is 52.6 Å². The van der Waals surface area contributed by atoms with E-state index < -0.39 is 31.7 Å². The summed E-state index contributed by atoms with van der Waals surface area (Å²) in [5.74, 6) is -1.97. The number of nitrogens with two attached hydrogens (primary N) is 1. The Morgan fingerprint density at radius 2 is 1.50 bits per heavy atom. The van der Waals surface area contributed by atoms with Crippen molar-refractivity contribution < 1.29 is 34.6 Å². The van der Waals surface area contributed by atoms with Gasteiger partial charge >= 0.3 is 19.6 Å². The molecule has 0 aliphatic carbocycles. The molecule has 0 unspecified atom stereocenters. The number of hydrogen-bond acceptors (Lipinski definition) is 6. The zero-order chi connectivity index (χ0) is 26.3. The molecule has 0 heterocycles. The number of rotatable bonds is 8. The van der Waals surface area contributed by atoms with Gasteiger partial charge in [0, 0.05) is 12.0 Å². The summed E-state index contributed by atoms with van der Waals surface area (Å²) in [5.41, 5.74) is 8.66.